The topological polar surface area (TPSA) is 50.9 Å². The van der Waals surface area contributed by atoms with Crippen LogP contribution in [-0.2, 0) is 6.54 Å². The van der Waals surface area contributed by atoms with Gasteiger partial charge in [-0.2, -0.15) is 0 Å². The lowest BCUT2D eigenvalue weighted by atomic mass is 10.2. The highest BCUT2D eigenvalue weighted by Gasteiger charge is 2.03. The Morgan fingerprint density at radius 1 is 1.19 bits per heavy atom. The molecule has 0 saturated carbocycles. The number of halogens is 1. The summed E-state index contributed by atoms with van der Waals surface area (Å²) in [6.45, 7) is 0.679. The van der Waals surface area contributed by atoms with Gasteiger partial charge < -0.3 is 11.1 Å². The van der Waals surface area contributed by atoms with Crippen LogP contribution in [0.15, 0.2) is 42.6 Å². The van der Waals surface area contributed by atoms with Crippen LogP contribution in [0.5, 0.6) is 0 Å². The predicted molar refractivity (Wildman–Crippen MR) is 67.4 cm³/mol. The molecule has 2 rings (SSSR count). The molecule has 0 amide bonds. The minimum absolute atomic E-state index is 0.486. The predicted octanol–water partition coefficient (Wildman–Crippen LogP) is 2.93. The third-order valence-corrected chi connectivity index (χ3v) is 2.57. The van der Waals surface area contributed by atoms with Crippen molar-refractivity contribution in [2.45, 2.75) is 6.54 Å². The number of anilines is 2. The number of benzene rings is 1. The molecular weight excluding hydrogens is 222 g/mol. The zero-order valence-electron chi connectivity index (χ0n) is 8.65. The molecule has 4 heteroatoms. The Morgan fingerprint density at radius 2 is 1.94 bits per heavy atom. The van der Waals surface area contributed by atoms with E-state index in [4.69, 9.17) is 17.3 Å². The molecule has 0 aliphatic heterocycles. The summed E-state index contributed by atoms with van der Waals surface area (Å²) >= 11 is 5.89. The summed E-state index contributed by atoms with van der Waals surface area (Å²) in [4.78, 5) is 4.13. The van der Waals surface area contributed by atoms with E-state index in [9.17, 15) is 0 Å². The fourth-order valence-electron chi connectivity index (χ4n) is 1.37. The van der Waals surface area contributed by atoms with E-state index in [0.29, 0.717) is 23.1 Å². The van der Waals surface area contributed by atoms with Gasteiger partial charge in [-0.1, -0.05) is 41.9 Å². The van der Waals surface area contributed by atoms with Gasteiger partial charge in [0.2, 0.25) is 0 Å². The molecule has 0 aliphatic carbocycles. The molecule has 1 aromatic carbocycles. The summed E-state index contributed by atoms with van der Waals surface area (Å²) in [6, 6.07) is 11.7. The first-order valence-electron chi connectivity index (χ1n) is 4.95. The Hall–Kier alpha value is -1.74. The molecule has 0 saturated heterocycles. The monoisotopic (exact) mass is 233 g/mol. The molecule has 2 aromatic rings. The fourth-order valence-corrected chi connectivity index (χ4v) is 1.52. The molecule has 0 bridgehead atoms. The number of nitrogens with one attached hydrogen (secondary N) is 1. The first-order valence-corrected chi connectivity index (χ1v) is 5.33. The normalized spacial score (nSPS) is 10.1. The summed E-state index contributed by atoms with van der Waals surface area (Å²) in [7, 11) is 0. The zero-order chi connectivity index (χ0) is 11.4. The van der Waals surface area contributed by atoms with Crippen molar-refractivity contribution in [1.82, 2.24) is 4.98 Å². The number of aromatic nitrogens is 1. The Kier molecular flexibility index (Phi) is 3.27. The highest BCUT2D eigenvalue weighted by atomic mass is 35.5. The van der Waals surface area contributed by atoms with Gasteiger partial charge in [-0.25, -0.2) is 4.98 Å². The maximum absolute atomic E-state index is 5.89. The van der Waals surface area contributed by atoms with Crippen LogP contribution in [0.1, 0.15) is 5.56 Å². The summed E-state index contributed by atoms with van der Waals surface area (Å²) in [5, 5.41) is 3.67. The molecule has 0 spiro atoms. The van der Waals surface area contributed by atoms with Crippen LogP contribution in [-0.4, -0.2) is 4.98 Å². The quantitative estimate of drug-likeness (QED) is 0.857. The molecule has 1 aromatic heterocycles. The van der Waals surface area contributed by atoms with Crippen LogP contribution in [0.3, 0.4) is 0 Å². The summed E-state index contributed by atoms with van der Waals surface area (Å²) in [5.74, 6) is 0.622. The Balaban J connectivity index is 2.08. The first kappa shape index (κ1) is 10.8. The van der Waals surface area contributed by atoms with Gasteiger partial charge in [0.15, 0.2) is 5.82 Å². The number of hydrogen-bond acceptors (Lipinski definition) is 3. The highest BCUT2D eigenvalue weighted by molar-refractivity contribution is 6.33. The van der Waals surface area contributed by atoms with Gasteiger partial charge in [0, 0.05) is 12.7 Å². The average Bonchev–Trinajstić information content (AvgIpc) is 2.32. The van der Waals surface area contributed by atoms with Crippen molar-refractivity contribution >= 4 is 23.1 Å². The average molecular weight is 234 g/mol. The second kappa shape index (κ2) is 4.86. The van der Waals surface area contributed by atoms with E-state index in [2.05, 4.69) is 10.3 Å². The van der Waals surface area contributed by atoms with Crippen molar-refractivity contribution in [1.29, 1.82) is 0 Å². The van der Waals surface area contributed by atoms with E-state index in [0.717, 1.165) is 0 Å². The van der Waals surface area contributed by atoms with E-state index >= 15 is 0 Å². The second-order valence-electron chi connectivity index (χ2n) is 3.39. The number of pyridine rings is 1. The Bertz CT molecular complexity index is 471. The lowest BCUT2D eigenvalue weighted by Gasteiger charge is -2.08. The molecule has 82 valence electrons. The van der Waals surface area contributed by atoms with Gasteiger partial charge in [0.1, 0.15) is 0 Å². The number of rotatable bonds is 3. The minimum atomic E-state index is 0.486. The van der Waals surface area contributed by atoms with E-state index in [1.54, 1.807) is 12.3 Å². The van der Waals surface area contributed by atoms with Crippen molar-refractivity contribution in [3.05, 3.63) is 53.2 Å². The molecule has 0 aliphatic rings. The summed E-state index contributed by atoms with van der Waals surface area (Å²) < 4.78 is 0. The summed E-state index contributed by atoms with van der Waals surface area (Å²) in [6.07, 6.45) is 1.63. The number of hydrogen-bond donors (Lipinski definition) is 2. The zero-order valence-corrected chi connectivity index (χ0v) is 9.41. The Labute approximate surface area is 99.3 Å². The molecular formula is C12H12ClN3. The highest BCUT2D eigenvalue weighted by Crippen LogP contribution is 2.24. The second-order valence-corrected chi connectivity index (χ2v) is 3.80. The standard InChI is InChI=1S/C12H12ClN3/c13-10-6-7-15-12(11(10)14)16-8-9-4-2-1-3-5-9/h1-7H,8,14H2,(H,15,16). The van der Waals surface area contributed by atoms with Crippen LogP contribution in [0.4, 0.5) is 11.5 Å². The third kappa shape index (κ3) is 2.44. The minimum Gasteiger partial charge on any atom is -0.395 e. The maximum atomic E-state index is 5.89. The van der Waals surface area contributed by atoms with Gasteiger partial charge in [-0.3, -0.25) is 0 Å². The van der Waals surface area contributed by atoms with Gasteiger partial charge in [-0.05, 0) is 11.6 Å². The van der Waals surface area contributed by atoms with Gasteiger partial charge in [0.25, 0.3) is 0 Å². The van der Waals surface area contributed by atoms with Crippen molar-refractivity contribution in [3.8, 4) is 0 Å². The number of nitrogen functional groups attached to an aromatic ring is 1. The molecule has 16 heavy (non-hydrogen) atoms. The molecule has 0 fully saturated rings. The Morgan fingerprint density at radius 3 is 2.69 bits per heavy atom. The molecule has 1 heterocycles. The van der Waals surface area contributed by atoms with Gasteiger partial charge in [-0.15, -0.1) is 0 Å². The SMILES string of the molecule is Nc1c(Cl)ccnc1NCc1ccccc1. The van der Waals surface area contributed by atoms with Crippen molar-refractivity contribution < 1.29 is 0 Å². The lowest BCUT2D eigenvalue weighted by Crippen LogP contribution is -2.04. The molecule has 0 radical (unpaired) electrons. The van der Waals surface area contributed by atoms with E-state index in [1.807, 2.05) is 30.3 Å². The van der Waals surface area contributed by atoms with Gasteiger partial charge >= 0.3 is 0 Å². The molecule has 3 nitrogen and oxygen atoms in total. The van der Waals surface area contributed by atoms with Crippen LogP contribution < -0.4 is 11.1 Å². The van der Waals surface area contributed by atoms with Gasteiger partial charge in [0.05, 0.1) is 10.7 Å². The fraction of sp³-hybridized carbons (Fsp3) is 0.0833. The van der Waals surface area contributed by atoms with Crippen molar-refractivity contribution in [3.63, 3.8) is 0 Å². The van der Waals surface area contributed by atoms with Crippen molar-refractivity contribution in [2.75, 3.05) is 11.1 Å². The summed E-state index contributed by atoms with van der Waals surface area (Å²) in [5.41, 5.74) is 7.45. The smallest absolute Gasteiger partial charge is 0.150 e. The van der Waals surface area contributed by atoms with Crippen LogP contribution in [0.25, 0.3) is 0 Å². The molecule has 0 unspecified atom stereocenters. The molecule has 0 atom stereocenters. The third-order valence-electron chi connectivity index (χ3n) is 2.24. The van der Waals surface area contributed by atoms with Crippen LogP contribution in [0.2, 0.25) is 5.02 Å². The van der Waals surface area contributed by atoms with Crippen molar-refractivity contribution in [2.24, 2.45) is 0 Å². The largest absolute Gasteiger partial charge is 0.395 e. The first-order chi connectivity index (χ1) is 7.77. The molecule has 3 N–H and O–H groups in total. The van der Waals surface area contributed by atoms with E-state index < -0.39 is 0 Å². The number of nitrogens with two attached hydrogens (primary N) is 1. The van der Waals surface area contributed by atoms with E-state index in [-0.39, 0.29) is 0 Å². The van der Waals surface area contributed by atoms with Crippen LogP contribution in [0, 0.1) is 0 Å². The number of nitrogens with zero attached hydrogens (tertiary/aromatic N) is 1. The van der Waals surface area contributed by atoms with E-state index in [1.165, 1.54) is 5.56 Å². The lowest BCUT2D eigenvalue weighted by molar-refractivity contribution is 1.11. The maximum Gasteiger partial charge on any atom is 0.150 e. The van der Waals surface area contributed by atoms with Crippen LogP contribution >= 0.6 is 11.6 Å².